The van der Waals surface area contributed by atoms with Gasteiger partial charge in [0.15, 0.2) is 23.1 Å². The molecule has 0 atom stereocenters. The fourth-order valence-electron chi connectivity index (χ4n) is 2.51. The van der Waals surface area contributed by atoms with Crippen molar-refractivity contribution in [3.8, 4) is 24.7 Å². The van der Waals surface area contributed by atoms with Crippen LogP contribution in [-0.4, -0.2) is 40.4 Å². The van der Waals surface area contributed by atoms with E-state index in [1.165, 1.54) is 24.3 Å². The van der Waals surface area contributed by atoms with Crippen LogP contribution in [0.4, 0.5) is 9.59 Å². The van der Waals surface area contributed by atoms with Crippen LogP contribution in [0.1, 0.15) is 12.8 Å². The molecule has 176 valence electrons. The van der Waals surface area contributed by atoms with Crippen LogP contribution in [-0.2, 0) is 28.8 Å². The Hall–Kier alpha value is -1.51. The van der Waals surface area contributed by atoms with Crippen LogP contribution in [0.3, 0.4) is 0 Å². The number of carbonyl (C=O) groups is 2. The van der Waals surface area contributed by atoms with E-state index in [9.17, 15) is 18.0 Å². The molecule has 0 aromatic rings. The van der Waals surface area contributed by atoms with E-state index in [-0.39, 0.29) is 47.4 Å². The lowest BCUT2D eigenvalue weighted by atomic mass is 10.1. The quantitative estimate of drug-likeness (QED) is 0.206. The Morgan fingerprint density at radius 1 is 0.818 bits per heavy atom. The summed E-state index contributed by atoms with van der Waals surface area (Å²) in [7, 11) is -3.94. The summed E-state index contributed by atoms with van der Waals surface area (Å²) in [5.41, 5.74) is 0. The Morgan fingerprint density at radius 3 is 1.48 bits per heavy atom. The topological polar surface area (TPSA) is 105 Å². The summed E-state index contributed by atoms with van der Waals surface area (Å²) in [5.74, 6) is 4.42. The first-order valence-electron chi connectivity index (χ1n) is 8.73. The molecule has 0 saturated heterocycles. The molecule has 13 heteroatoms. The van der Waals surface area contributed by atoms with E-state index in [1.807, 2.05) is 0 Å². The van der Waals surface area contributed by atoms with Gasteiger partial charge in [-0.3, -0.25) is 0 Å². The summed E-state index contributed by atoms with van der Waals surface area (Å²) in [6, 6.07) is 0. The highest BCUT2D eigenvalue weighted by molar-refractivity contribution is 9.25. The minimum Gasteiger partial charge on any atom is -0.421 e. The lowest BCUT2D eigenvalue weighted by molar-refractivity contribution is 0.0845. The normalized spacial score (nSPS) is 18.7. The average molecular weight is 734 g/mol. The Kier molecular flexibility index (Phi) is 9.48. The van der Waals surface area contributed by atoms with Gasteiger partial charge in [0.1, 0.15) is 18.0 Å². The van der Waals surface area contributed by atoms with Crippen LogP contribution in [0.15, 0.2) is 45.6 Å². The molecule has 2 aliphatic rings. The molecule has 0 heterocycles. The van der Waals surface area contributed by atoms with E-state index in [1.54, 1.807) is 0 Å². The van der Waals surface area contributed by atoms with Gasteiger partial charge in [0.25, 0.3) is 0 Å². The molecule has 2 rings (SSSR count). The van der Waals surface area contributed by atoms with Crippen LogP contribution in [0.2, 0.25) is 0 Å². The van der Waals surface area contributed by atoms with Crippen molar-refractivity contribution in [2.75, 3.05) is 13.2 Å². The first-order chi connectivity index (χ1) is 15.3. The molecule has 33 heavy (non-hydrogen) atoms. The van der Waals surface area contributed by atoms with E-state index < -0.39 is 28.6 Å². The van der Waals surface area contributed by atoms with Gasteiger partial charge in [-0.05, 0) is 24.3 Å². The molecule has 0 amide bonds. The second kappa shape index (κ2) is 11.3. The number of hydrogen-bond donors (Lipinski definition) is 0. The lowest BCUT2D eigenvalue weighted by Gasteiger charge is -2.30. The maximum Gasteiger partial charge on any atom is 0.514 e. The number of carbonyl (C=O) groups excluding carboxylic acids is 2. The fourth-order valence-corrected chi connectivity index (χ4v) is 6.95. The first kappa shape index (κ1) is 27.7. The second-order valence-electron chi connectivity index (χ2n) is 6.28. The largest absolute Gasteiger partial charge is 0.514 e. The summed E-state index contributed by atoms with van der Waals surface area (Å²) in [5, 5.41) is 0. The third kappa shape index (κ3) is 7.23. The van der Waals surface area contributed by atoms with Crippen LogP contribution in [0.5, 0.6) is 0 Å². The van der Waals surface area contributed by atoms with E-state index >= 15 is 0 Å². The number of sulfone groups is 1. The van der Waals surface area contributed by atoms with Crippen molar-refractivity contribution < 1.29 is 37.0 Å². The maximum atomic E-state index is 13.3. The monoisotopic (exact) mass is 730 g/mol. The predicted octanol–water partition coefficient (Wildman–Crippen LogP) is 5.29. The number of alkyl halides is 4. The zero-order valence-corrected chi connectivity index (χ0v) is 23.6. The van der Waals surface area contributed by atoms with Crippen molar-refractivity contribution >= 4 is 85.9 Å². The van der Waals surface area contributed by atoms with Crippen LogP contribution < -0.4 is 0 Å². The molecule has 0 aliphatic heterocycles. The van der Waals surface area contributed by atoms with Crippen molar-refractivity contribution in [1.82, 2.24) is 0 Å². The molecular formula is C20H14Br4O8S. The molecule has 0 N–H and O–H groups in total. The Bertz CT molecular complexity index is 1060. The molecule has 0 aromatic carbocycles. The first-order valence-corrected chi connectivity index (χ1v) is 13.4. The lowest BCUT2D eigenvalue weighted by Crippen LogP contribution is -2.29. The van der Waals surface area contributed by atoms with Gasteiger partial charge in [0.05, 0.1) is 9.81 Å². The molecule has 0 unspecified atom stereocenters. The number of hydrogen-bond acceptors (Lipinski definition) is 8. The third-order valence-electron chi connectivity index (χ3n) is 3.98. The van der Waals surface area contributed by atoms with Gasteiger partial charge in [-0.15, -0.1) is 12.8 Å². The van der Waals surface area contributed by atoms with Gasteiger partial charge >= 0.3 is 12.3 Å². The molecule has 0 bridgehead atoms. The molecule has 8 nitrogen and oxygen atoms in total. The van der Waals surface area contributed by atoms with Gasteiger partial charge in [-0.1, -0.05) is 75.6 Å². The molecule has 2 aliphatic carbocycles. The van der Waals surface area contributed by atoms with Gasteiger partial charge in [0.2, 0.25) is 0 Å². The summed E-state index contributed by atoms with van der Waals surface area (Å²) in [6.45, 7) is -0.538. The van der Waals surface area contributed by atoms with Crippen LogP contribution in [0, 0.1) is 24.7 Å². The minimum absolute atomic E-state index is 0.0360. The summed E-state index contributed by atoms with van der Waals surface area (Å²) in [4.78, 5) is 23.4. The van der Waals surface area contributed by atoms with Crippen molar-refractivity contribution in [2.45, 2.75) is 19.3 Å². The molecule has 0 radical (unpaired) electrons. The number of terminal acetylenes is 2. The fraction of sp³-hybridized carbons (Fsp3) is 0.300. The van der Waals surface area contributed by atoms with E-state index in [4.69, 9.17) is 22.3 Å². The third-order valence-corrected chi connectivity index (χ3v) is 8.60. The van der Waals surface area contributed by atoms with Gasteiger partial charge < -0.3 is 18.9 Å². The predicted molar refractivity (Wildman–Crippen MR) is 134 cm³/mol. The molecule has 0 aromatic heterocycles. The standard InChI is InChI=1S/C20H14Br4O8S/c1-3-9-29-17(25)31-15-7-5-13(11-19(15,21)22)33(27,28)14-6-8-16(20(23,24)12-14)32-18(26)30-10-4-2/h1-2,5-8H,9-12H2. The summed E-state index contributed by atoms with van der Waals surface area (Å²) in [6.07, 6.45) is 13.1. The summed E-state index contributed by atoms with van der Waals surface area (Å²) >= 11 is 13.3. The van der Waals surface area contributed by atoms with E-state index in [0.29, 0.717) is 0 Å². The molecule has 0 fully saturated rings. The molecule has 0 spiro atoms. The zero-order chi connectivity index (χ0) is 24.9. The maximum absolute atomic E-state index is 13.3. The number of rotatable bonds is 6. The average Bonchev–Trinajstić information content (AvgIpc) is 2.73. The molecular weight excluding hydrogens is 720 g/mol. The highest BCUT2D eigenvalue weighted by Crippen LogP contribution is 2.49. The SMILES string of the molecule is C#CCOC(=O)OC1=CC=C(S(=O)(=O)C2=CC=C(OC(=O)OCC#C)C(Br)(Br)C2)CC1(Br)Br. The number of allylic oxidation sites excluding steroid dienone is 8. The minimum atomic E-state index is -3.94. The Morgan fingerprint density at radius 2 is 1.18 bits per heavy atom. The highest BCUT2D eigenvalue weighted by Gasteiger charge is 2.43. The van der Waals surface area contributed by atoms with E-state index in [0.717, 1.165) is 0 Å². The number of ether oxygens (including phenoxy) is 4. The van der Waals surface area contributed by atoms with Gasteiger partial charge in [0, 0.05) is 12.8 Å². The second-order valence-corrected chi connectivity index (χ2v) is 15.9. The van der Waals surface area contributed by atoms with E-state index in [2.05, 4.69) is 85.0 Å². The van der Waals surface area contributed by atoms with Gasteiger partial charge in [-0.2, -0.15) is 0 Å². The number of halogens is 4. The zero-order valence-electron chi connectivity index (χ0n) is 16.5. The van der Waals surface area contributed by atoms with Crippen molar-refractivity contribution in [3.63, 3.8) is 0 Å². The van der Waals surface area contributed by atoms with Crippen molar-refractivity contribution in [1.29, 1.82) is 0 Å². The van der Waals surface area contributed by atoms with Crippen LogP contribution >= 0.6 is 63.7 Å². The smallest absolute Gasteiger partial charge is 0.421 e. The Labute approximate surface area is 224 Å². The van der Waals surface area contributed by atoms with Crippen LogP contribution in [0.25, 0.3) is 0 Å². The molecule has 0 saturated carbocycles. The van der Waals surface area contributed by atoms with Crippen molar-refractivity contribution in [2.24, 2.45) is 0 Å². The van der Waals surface area contributed by atoms with Gasteiger partial charge in [-0.25, -0.2) is 18.0 Å². The summed E-state index contributed by atoms with van der Waals surface area (Å²) < 4.78 is 43.7. The Balaban J connectivity index is 2.27. The van der Waals surface area contributed by atoms with Crippen molar-refractivity contribution in [3.05, 3.63) is 45.6 Å². The highest BCUT2D eigenvalue weighted by atomic mass is 79.9.